The van der Waals surface area contributed by atoms with Crippen molar-refractivity contribution >= 4 is 23.0 Å². The third kappa shape index (κ3) is 3.77. The van der Waals surface area contributed by atoms with Gasteiger partial charge in [0.2, 0.25) is 0 Å². The molecule has 0 aliphatic rings. The average molecular weight is 338 g/mol. The van der Waals surface area contributed by atoms with Crippen LogP contribution in [-0.2, 0) is 13.1 Å². The molecule has 0 fully saturated rings. The minimum absolute atomic E-state index is 0.154. The number of hydrogen-bond donors (Lipinski definition) is 3. The van der Waals surface area contributed by atoms with Crippen LogP contribution in [0.2, 0.25) is 0 Å². The Hall–Kier alpha value is -3.35. The van der Waals surface area contributed by atoms with Gasteiger partial charge in [-0.05, 0) is 29.8 Å². The summed E-state index contributed by atoms with van der Waals surface area (Å²) in [6.45, 7) is 0.363. The van der Waals surface area contributed by atoms with Crippen LogP contribution in [0.25, 0.3) is 11.0 Å². The van der Waals surface area contributed by atoms with E-state index >= 15 is 0 Å². The lowest BCUT2D eigenvalue weighted by molar-refractivity contribution is 0.0962. The standard InChI is InChI=1S/C18H18N4O3/c1-19-17(23)13-8-6-12(7-9-13)10-22(18(24)25)11-16-20-14-4-2-3-5-15(14)21-16/h2-9H,10-11H2,1H3,(H,19,23)(H,20,21)(H,24,25). The van der Waals surface area contributed by atoms with Gasteiger partial charge in [0, 0.05) is 19.2 Å². The predicted molar refractivity (Wildman–Crippen MR) is 93.2 cm³/mol. The van der Waals surface area contributed by atoms with Crippen molar-refractivity contribution in [2.24, 2.45) is 0 Å². The highest BCUT2D eigenvalue weighted by atomic mass is 16.4. The monoisotopic (exact) mass is 338 g/mol. The van der Waals surface area contributed by atoms with Gasteiger partial charge in [-0.25, -0.2) is 9.78 Å². The van der Waals surface area contributed by atoms with Gasteiger partial charge < -0.3 is 15.4 Å². The Balaban J connectivity index is 1.75. The first-order chi connectivity index (χ1) is 12.1. The van der Waals surface area contributed by atoms with Crippen molar-refractivity contribution in [2.45, 2.75) is 13.1 Å². The second kappa shape index (κ2) is 7.04. The van der Waals surface area contributed by atoms with Crippen LogP contribution >= 0.6 is 0 Å². The molecular weight excluding hydrogens is 320 g/mol. The minimum Gasteiger partial charge on any atom is -0.465 e. The highest BCUT2D eigenvalue weighted by Crippen LogP contribution is 2.14. The van der Waals surface area contributed by atoms with E-state index in [1.165, 1.54) is 4.90 Å². The number of fused-ring (bicyclic) bond motifs is 1. The van der Waals surface area contributed by atoms with Crippen molar-refractivity contribution in [2.75, 3.05) is 7.05 Å². The van der Waals surface area contributed by atoms with E-state index in [0.29, 0.717) is 11.4 Å². The number of aromatic amines is 1. The summed E-state index contributed by atoms with van der Waals surface area (Å²) in [5.41, 5.74) is 3.01. The summed E-state index contributed by atoms with van der Waals surface area (Å²) in [5.74, 6) is 0.412. The lowest BCUT2D eigenvalue weighted by Gasteiger charge is -2.18. The van der Waals surface area contributed by atoms with E-state index in [9.17, 15) is 14.7 Å². The Bertz CT molecular complexity index is 869. The number of imidazole rings is 1. The van der Waals surface area contributed by atoms with Gasteiger partial charge in [-0.2, -0.15) is 0 Å². The first-order valence-corrected chi connectivity index (χ1v) is 7.79. The molecule has 128 valence electrons. The van der Waals surface area contributed by atoms with Crippen LogP contribution in [0.15, 0.2) is 48.5 Å². The zero-order valence-electron chi connectivity index (χ0n) is 13.7. The third-order valence-corrected chi connectivity index (χ3v) is 3.87. The fraction of sp³-hybridized carbons (Fsp3) is 0.167. The Labute approximate surface area is 144 Å². The fourth-order valence-electron chi connectivity index (χ4n) is 2.58. The van der Waals surface area contributed by atoms with Crippen molar-refractivity contribution in [3.05, 3.63) is 65.5 Å². The number of H-pyrrole nitrogens is 1. The van der Waals surface area contributed by atoms with Gasteiger partial charge in [0.05, 0.1) is 17.6 Å². The normalized spacial score (nSPS) is 10.6. The van der Waals surface area contributed by atoms with E-state index in [0.717, 1.165) is 16.6 Å². The third-order valence-electron chi connectivity index (χ3n) is 3.87. The molecule has 0 aliphatic carbocycles. The number of para-hydroxylation sites is 2. The molecule has 0 bridgehead atoms. The molecule has 25 heavy (non-hydrogen) atoms. The molecule has 7 nitrogen and oxygen atoms in total. The number of rotatable bonds is 5. The molecule has 2 aromatic carbocycles. The van der Waals surface area contributed by atoms with Crippen LogP contribution in [0.3, 0.4) is 0 Å². The number of carboxylic acid groups (broad SMARTS) is 1. The molecule has 3 rings (SSSR count). The first kappa shape index (κ1) is 16.5. The lowest BCUT2D eigenvalue weighted by Crippen LogP contribution is -2.29. The summed E-state index contributed by atoms with van der Waals surface area (Å²) in [6, 6.07) is 14.4. The Morgan fingerprint density at radius 1 is 1.12 bits per heavy atom. The molecule has 0 atom stereocenters. The lowest BCUT2D eigenvalue weighted by atomic mass is 10.1. The van der Waals surface area contributed by atoms with E-state index in [-0.39, 0.29) is 19.0 Å². The molecule has 2 amide bonds. The van der Waals surface area contributed by atoms with Crippen LogP contribution < -0.4 is 5.32 Å². The van der Waals surface area contributed by atoms with E-state index < -0.39 is 6.09 Å². The molecule has 0 spiro atoms. The van der Waals surface area contributed by atoms with E-state index in [1.807, 2.05) is 24.3 Å². The van der Waals surface area contributed by atoms with Crippen molar-refractivity contribution in [1.29, 1.82) is 0 Å². The Morgan fingerprint density at radius 2 is 1.84 bits per heavy atom. The van der Waals surface area contributed by atoms with Gasteiger partial charge in [-0.15, -0.1) is 0 Å². The second-order valence-electron chi connectivity index (χ2n) is 5.62. The largest absolute Gasteiger partial charge is 0.465 e. The number of benzene rings is 2. The molecule has 0 saturated carbocycles. The summed E-state index contributed by atoms with van der Waals surface area (Å²) in [6.07, 6.45) is -1.03. The second-order valence-corrected chi connectivity index (χ2v) is 5.62. The van der Waals surface area contributed by atoms with Gasteiger partial charge in [-0.3, -0.25) is 9.69 Å². The smallest absolute Gasteiger partial charge is 0.408 e. The summed E-state index contributed by atoms with van der Waals surface area (Å²) in [5, 5.41) is 12.0. The van der Waals surface area contributed by atoms with Crippen LogP contribution in [0.1, 0.15) is 21.7 Å². The van der Waals surface area contributed by atoms with Gasteiger partial charge in [0.25, 0.3) is 5.91 Å². The molecule has 1 heterocycles. The van der Waals surface area contributed by atoms with Gasteiger partial charge in [0.1, 0.15) is 5.82 Å². The average Bonchev–Trinajstić information content (AvgIpc) is 3.03. The quantitative estimate of drug-likeness (QED) is 0.666. The van der Waals surface area contributed by atoms with Crippen molar-refractivity contribution in [1.82, 2.24) is 20.2 Å². The summed E-state index contributed by atoms with van der Waals surface area (Å²) in [7, 11) is 1.57. The van der Waals surface area contributed by atoms with Crippen molar-refractivity contribution in [3.8, 4) is 0 Å². The number of nitrogens with one attached hydrogen (secondary N) is 2. The molecule has 3 aromatic rings. The molecular formula is C18H18N4O3. The van der Waals surface area contributed by atoms with E-state index in [1.54, 1.807) is 31.3 Å². The van der Waals surface area contributed by atoms with Crippen LogP contribution in [-0.4, -0.2) is 39.0 Å². The zero-order valence-corrected chi connectivity index (χ0v) is 13.7. The van der Waals surface area contributed by atoms with Crippen molar-refractivity contribution < 1.29 is 14.7 Å². The molecule has 0 radical (unpaired) electrons. The van der Waals surface area contributed by atoms with Crippen LogP contribution in [0, 0.1) is 0 Å². The van der Waals surface area contributed by atoms with E-state index in [4.69, 9.17) is 0 Å². The zero-order chi connectivity index (χ0) is 17.8. The fourth-order valence-corrected chi connectivity index (χ4v) is 2.58. The SMILES string of the molecule is CNC(=O)c1ccc(CN(Cc2nc3ccccc3[nH]2)C(=O)O)cc1. The molecule has 0 unspecified atom stereocenters. The Kier molecular flexibility index (Phi) is 4.65. The highest BCUT2D eigenvalue weighted by Gasteiger charge is 2.15. The minimum atomic E-state index is -1.03. The number of aromatic nitrogens is 2. The molecule has 0 saturated heterocycles. The number of nitrogens with zero attached hydrogens (tertiary/aromatic N) is 2. The van der Waals surface area contributed by atoms with Gasteiger partial charge >= 0.3 is 6.09 Å². The molecule has 3 N–H and O–H groups in total. The molecule has 7 heteroatoms. The topological polar surface area (TPSA) is 98.3 Å². The van der Waals surface area contributed by atoms with Crippen LogP contribution in [0.4, 0.5) is 4.79 Å². The number of carbonyl (C=O) groups is 2. The summed E-state index contributed by atoms with van der Waals surface area (Å²) < 4.78 is 0. The number of amides is 2. The number of hydrogen-bond acceptors (Lipinski definition) is 3. The highest BCUT2D eigenvalue weighted by molar-refractivity contribution is 5.93. The summed E-state index contributed by atoms with van der Waals surface area (Å²) in [4.78, 5) is 31.9. The molecule has 1 aromatic heterocycles. The van der Waals surface area contributed by atoms with Gasteiger partial charge in [0.15, 0.2) is 0 Å². The Morgan fingerprint density at radius 3 is 2.48 bits per heavy atom. The maximum absolute atomic E-state index is 11.6. The maximum Gasteiger partial charge on any atom is 0.408 e. The molecule has 0 aliphatic heterocycles. The summed E-state index contributed by atoms with van der Waals surface area (Å²) >= 11 is 0. The van der Waals surface area contributed by atoms with E-state index in [2.05, 4.69) is 15.3 Å². The predicted octanol–water partition coefficient (Wildman–Crippen LogP) is 2.60. The maximum atomic E-state index is 11.6. The van der Waals surface area contributed by atoms with Crippen molar-refractivity contribution in [3.63, 3.8) is 0 Å². The number of carbonyl (C=O) groups excluding carboxylic acids is 1. The first-order valence-electron chi connectivity index (χ1n) is 7.79. The van der Waals surface area contributed by atoms with Crippen LogP contribution in [0.5, 0.6) is 0 Å². The van der Waals surface area contributed by atoms with Gasteiger partial charge in [-0.1, -0.05) is 24.3 Å².